The second-order valence-corrected chi connectivity index (χ2v) is 8.51. The van der Waals surface area contributed by atoms with Crippen LogP contribution in [0.25, 0.3) is 0 Å². The van der Waals surface area contributed by atoms with Crippen LogP contribution in [0.4, 0.5) is 0 Å². The van der Waals surface area contributed by atoms with Crippen molar-refractivity contribution in [2.45, 2.75) is 53.4 Å². The van der Waals surface area contributed by atoms with Crippen molar-refractivity contribution in [1.82, 2.24) is 0 Å². The second kappa shape index (κ2) is 5.66. The molecule has 0 radical (unpaired) electrons. The zero-order chi connectivity index (χ0) is 12.4. The molecule has 0 bridgehead atoms. The molecule has 0 atom stereocenters. The van der Waals surface area contributed by atoms with Crippen molar-refractivity contribution < 1.29 is 23.2 Å². The van der Waals surface area contributed by atoms with E-state index >= 15 is 0 Å². The molecular formula is C16H22Zr. The SMILES string of the molecule is CCC1=[C]([Zr][C]2=C(CC)C(C)=CC2)CC=C1C. The Kier molecular flexibility index (Phi) is 4.42. The topological polar surface area (TPSA) is 0 Å². The van der Waals surface area contributed by atoms with E-state index in [1.807, 2.05) is 6.56 Å². The van der Waals surface area contributed by atoms with Gasteiger partial charge in [-0.05, 0) is 0 Å². The Balaban J connectivity index is 2.19. The predicted molar refractivity (Wildman–Crippen MR) is 71.4 cm³/mol. The first kappa shape index (κ1) is 13.3. The molecule has 1 heteroatoms. The summed E-state index contributed by atoms with van der Waals surface area (Å²) in [5.74, 6) is 0. The first-order valence-electron chi connectivity index (χ1n) is 6.72. The Hall–Kier alpha value is -0.157. The van der Waals surface area contributed by atoms with Crippen LogP contribution in [0, 0.1) is 0 Å². The van der Waals surface area contributed by atoms with Crippen molar-refractivity contribution in [3.8, 4) is 0 Å². The molecule has 0 amide bonds. The Morgan fingerprint density at radius 3 is 1.65 bits per heavy atom. The minimum atomic E-state index is -0.470. The molecule has 90 valence electrons. The van der Waals surface area contributed by atoms with E-state index in [9.17, 15) is 0 Å². The Labute approximate surface area is 117 Å². The number of rotatable bonds is 4. The van der Waals surface area contributed by atoms with Gasteiger partial charge in [0.2, 0.25) is 0 Å². The average Bonchev–Trinajstić information content (AvgIpc) is 2.83. The minimum absolute atomic E-state index is 0.470. The van der Waals surface area contributed by atoms with Gasteiger partial charge in [0.25, 0.3) is 0 Å². The standard InChI is InChI=1S/2C8H11.Zr/c2*1-3-8-6-4-5-7(8)2;/h2*5H,3-4H2,1-2H3;. The van der Waals surface area contributed by atoms with E-state index in [0.717, 1.165) is 0 Å². The van der Waals surface area contributed by atoms with Crippen LogP contribution >= 0.6 is 0 Å². The molecular weight excluding hydrogens is 283 g/mol. The van der Waals surface area contributed by atoms with E-state index in [1.54, 1.807) is 22.3 Å². The number of allylic oxidation sites excluding steroid dienone is 8. The summed E-state index contributed by atoms with van der Waals surface area (Å²) in [5, 5.41) is 0. The monoisotopic (exact) mass is 304 g/mol. The fourth-order valence-electron chi connectivity index (χ4n) is 2.90. The van der Waals surface area contributed by atoms with Crippen molar-refractivity contribution in [3.63, 3.8) is 0 Å². The summed E-state index contributed by atoms with van der Waals surface area (Å²) < 4.78 is 3.69. The molecule has 0 nitrogen and oxygen atoms in total. The predicted octanol–water partition coefficient (Wildman–Crippen LogP) is 5.10. The molecule has 2 aliphatic carbocycles. The molecule has 0 aromatic rings. The van der Waals surface area contributed by atoms with Crippen molar-refractivity contribution in [2.24, 2.45) is 0 Å². The van der Waals surface area contributed by atoms with Crippen LogP contribution in [-0.2, 0) is 23.2 Å². The number of hydrogen-bond acceptors (Lipinski definition) is 0. The van der Waals surface area contributed by atoms with Crippen LogP contribution < -0.4 is 0 Å². The summed E-state index contributed by atoms with van der Waals surface area (Å²) in [6.45, 7) is 9.20. The van der Waals surface area contributed by atoms with E-state index in [2.05, 4.69) is 39.8 Å². The molecule has 0 fully saturated rings. The van der Waals surface area contributed by atoms with E-state index in [-0.39, 0.29) is 0 Å². The van der Waals surface area contributed by atoms with Gasteiger partial charge in [0.05, 0.1) is 0 Å². The maximum atomic E-state index is 2.44. The molecule has 0 aromatic heterocycles. The second-order valence-electron chi connectivity index (χ2n) is 4.93. The van der Waals surface area contributed by atoms with E-state index in [1.165, 1.54) is 25.7 Å². The van der Waals surface area contributed by atoms with Crippen molar-refractivity contribution in [3.05, 3.63) is 41.0 Å². The van der Waals surface area contributed by atoms with Gasteiger partial charge < -0.3 is 0 Å². The third-order valence-electron chi connectivity index (χ3n) is 3.91. The molecule has 0 aliphatic heterocycles. The fraction of sp³-hybridized carbons (Fsp3) is 0.500. The summed E-state index contributed by atoms with van der Waals surface area (Å²) in [6.07, 6.45) is 9.88. The molecule has 0 N–H and O–H groups in total. The summed E-state index contributed by atoms with van der Waals surface area (Å²) in [5.41, 5.74) is 6.52. The van der Waals surface area contributed by atoms with Gasteiger partial charge in [-0.25, -0.2) is 0 Å². The van der Waals surface area contributed by atoms with Crippen LogP contribution in [0.15, 0.2) is 41.0 Å². The van der Waals surface area contributed by atoms with Crippen LogP contribution in [0.2, 0.25) is 0 Å². The molecule has 2 aliphatic rings. The van der Waals surface area contributed by atoms with Gasteiger partial charge in [0, 0.05) is 0 Å². The summed E-state index contributed by atoms with van der Waals surface area (Å²) in [6, 6.07) is 0. The maximum absolute atomic E-state index is 2.44. The van der Waals surface area contributed by atoms with Gasteiger partial charge in [0.1, 0.15) is 0 Å². The van der Waals surface area contributed by atoms with Crippen LogP contribution in [0.3, 0.4) is 0 Å². The number of hydrogen-bond donors (Lipinski definition) is 0. The molecule has 0 spiro atoms. The van der Waals surface area contributed by atoms with E-state index in [4.69, 9.17) is 0 Å². The first-order valence-corrected chi connectivity index (χ1v) is 9.18. The van der Waals surface area contributed by atoms with Gasteiger partial charge >= 0.3 is 118 Å². The Morgan fingerprint density at radius 2 is 1.29 bits per heavy atom. The van der Waals surface area contributed by atoms with Crippen molar-refractivity contribution in [2.75, 3.05) is 0 Å². The zero-order valence-electron chi connectivity index (χ0n) is 11.5. The Bertz CT molecular complexity index is 402. The quantitative estimate of drug-likeness (QED) is 0.678. The Morgan fingerprint density at radius 1 is 0.882 bits per heavy atom. The molecule has 0 saturated heterocycles. The summed E-state index contributed by atoms with van der Waals surface area (Å²) in [7, 11) is 0. The summed E-state index contributed by atoms with van der Waals surface area (Å²) in [4.78, 5) is 0. The van der Waals surface area contributed by atoms with Crippen molar-refractivity contribution in [1.29, 1.82) is 0 Å². The van der Waals surface area contributed by atoms with Gasteiger partial charge in [-0.1, -0.05) is 0 Å². The molecule has 0 aromatic carbocycles. The van der Waals surface area contributed by atoms with Crippen molar-refractivity contribution >= 4 is 0 Å². The van der Waals surface area contributed by atoms with Crippen LogP contribution in [-0.4, -0.2) is 0 Å². The molecule has 0 saturated carbocycles. The zero-order valence-corrected chi connectivity index (χ0v) is 13.9. The van der Waals surface area contributed by atoms with Gasteiger partial charge in [0.15, 0.2) is 0 Å². The molecule has 17 heavy (non-hydrogen) atoms. The van der Waals surface area contributed by atoms with E-state index < -0.39 is 23.2 Å². The summed E-state index contributed by atoms with van der Waals surface area (Å²) >= 11 is -0.470. The average molecular weight is 306 g/mol. The molecule has 0 heterocycles. The molecule has 2 rings (SSSR count). The normalized spacial score (nSPS) is 20.0. The van der Waals surface area contributed by atoms with Crippen LogP contribution in [0.1, 0.15) is 53.4 Å². The van der Waals surface area contributed by atoms with Crippen LogP contribution in [0.5, 0.6) is 0 Å². The fourth-order valence-corrected chi connectivity index (χ4v) is 7.38. The van der Waals surface area contributed by atoms with E-state index in [0.29, 0.717) is 0 Å². The third kappa shape index (κ3) is 2.65. The van der Waals surface area contributed by atoms with Gasteiger partial charge in [-0.3, -0.25) is 0 Å². The third-order valence-corrected chi connectivity index (χ3v) is 7.88. The van der Waals surface area contributed by atoms with Gasteiger partial charge in [-0.15, -0.1) is 0 Å². The molecule has 0 unspecified atom stereocenters. The van der Waals surface area contributed by atoms with Gasteiger partial charge in [-0.2, -0.15) is 0 Å². The first-order chi connectivity index (χ1) is 8.17.